The van der Waals surface area contributed by atoms with Crippen LogP contribution in [-0.2, 0) is 9.59 Å². The SMILES string of the molecule is CCC(C)C(NC(=O)CCCC1CCC2C3C(O)CC4CCCCC4(C)C3CCC12C)C(=O)O. The number of aliphatic hydroxyl groups is 1. The molecule has 0 aromatic heterocycles. The average molecular weight is 476 g/mol. The van der Waals surface area contributed by atoms with Crippen LogP contribution in [-0.4, -0.2) is 34.2 Å². The highest BCUT2D eigenvalue weighted by Gasteiger charge is 2.61. The molecule has 5 nitrogen and oxygen atoms in total. The molecule has 4 saturated carbocycles. The van der Waals surface area contributed by atoms with Crippen molar-refractivity contribution in [3.63, 3.8) is 0 Å². The molecule has 0 heterocycles. The quantitative estimate of drug-likeness (QED) is 0.414. The zero-order valence-electron chi connectivity index (χ0n) is 22.0. The van der Waals surface area contributed by atoms with Crippen LogP contribution < -0.4 is 5.32 Å². The maximum atomic E-state index is 12.5. The number of hydrogen-bond acceptors (Lipinski definition) is 3. The number of carboxylic acid groups (broad SMARTS) is 1. The highest BCUT2D eigenvalue weighted by molar-refractivity contribution is 5.83. The summed E-state index contributed by atoms with van der Waals surface area (Å²) in [5.41, 5.74) is 0.701. The van der Waals surface area contributed by atoms with Crippen LogP contribution in [0.1, 0.15) is 111 Å². The Bertz CT molecular complexity index is 754. The van der Waals surface area contributed by atoms with Crippen molar-refractivity contribution in [2.45, 2.75) is 123 Å². The minimum Gasteiger partial charge on any atom is -0.480 e. The van der Waals surface area contributed by atoms with Crippen molar-refractivity contribution in [1.29, 1.82) is 0 Å². The highest BCUT2D eigenvalue weighted by atomic mass is 16.4. The standard InChI is InChI=1S/C29H49NO4/c1-5-18(2)26(27(33)34)30-24(32)11-8-10-19-12-13-21-25-22(14-16-29(19,21)4)28(3)15-7-6-9-20(28)17-23(25)31/h18-23,25-26,31H,5-17H2,1-4H3,(H,30,32)(H,33,34). The Morgan fingerprint density at radius 2 is 1.76 bits per heavy atom. The molecule has 4 aliphatic rings. The Morgan fingerprint density at radius 3 is 2.47 bits per heavy atom. The first kappa shape index (κ1) is 26.0. The zero-order chi connectivity index (χ0) is 24.7. The van der Waals surface area contributed by atoms with Crippen LogP contribution in [0, 0.1) is 46.3 Å². The molecule has 0 saturated heterocycles. The number of aliphatic carboxylic acids is 1. The fraction of sp³-hybridized carbons (Fsp3) is 0.931. The first-order valence-corrected chi connectivity index (χ1v) is 14.3. The summed E-state index contributed by atoms with van der Waals surface area (Å²) in [5.74, 6) is 1.93. The van der Waals surface area contributed by atoms with Crippen molar-refractivity contribution in [3.8, 4) is 0 Å². The van der Waals surface area contributed by atoms with Gasteiger partial charge in [0.25, 0.3) is 0 Å². The normalized spacial score (nSPS) is 43.2. The van der Waals surface area contributed by atoms with Gasteiger partial charge < -0.3 is 15.5 Å². The van der Waals surface area contributed by atoms with Crippen molar-refractivity contribution in [2.75, 3.05) is 0 Å². The second-order valence-electron chi connectivity index (χ2n) is 13.0. The molecule has 1 amide bonds. The number of aliphatic hydroxyl groups excluding tert-OH is 1. The van der Waals surface area contributed by atoms with Crippen molar-refractivity contribution in [2.24, 2.45) is 46.3 Å². The van der Waals surface area contributed by atoms with Crippen LogP contribution in [0.2, 0.25) is 0 Å². The van der Waals surface area contributed by atoms with Crippen molar-refractivity contribution < 1.29 is 19.8 Å². The summed E-state index contributed by atoms with van der Waals surface area (Å²) in [6, 6.07) is -0.793. The van der Waals surface area contributed by atoms with E-state index in [1.165, 1.54) is 51.4 Å². The summed E-state index contributed by atoms with van der Waals surface area (Å²) in [6.45, 7) is 8.87. The molecular formula is C29H49NO4. The number of carbonyl (C=O) groups excluding carboxylic acids is 1. The van der Waals surface area contributed by atoms with Gasteiger partial charge in [-0.15, -0.1) is 0 Å². The summed E-state index contributed by atoms with van der Waals surface area (Å²) in [6.07, 6.45) is 14.2. The Morgan fingerprint density at radius 1 is 1.03 bits per heavy atom. The molecule has 10 atom stereocenters. The molecule has 4 aliphatic carbocycles. The van der Waals surface area contributed by atoms with E-state index in [1.54, 1.807) is 0 Å². The molecule has 0 aromatic rings. The molecule has 0 aliphatic heterocycles. The molecule has 4 rings (SSSR count). The number of fused-ring (bicyclic) bond motifs is 5. The summed E-state index contributed by atoms with van der Waals surface area (Å²) in [7, 11) is 0. The van der Waals surface area contributed by atoms with Crippen LogP contribution in [0.15, 0.2) is 0 Å². The number of amides is 1. The molecular weight excluding hydrogens is 426 g/mol. The predicted octanol–water partition coefficient (Wildman–Crippen LogP) is 5.79. The van der Waals surface area contributed by atoms with E-state index in [-0.39, 0.29) is 23.3 Å². The van der Waals surface area contributed by atoms with E-state index in [0.29, 0.717) is 41.4 Å². The average Bonchev–Trinajstić information content (AvgIpc) is 3.13. The Labute approximate surface area is 206 Å². The van der Waals surface area contributed by atoms with E-state index in [1.807, 2.05) is 13.8 Å². The molecule has 194 valence electrons. The van der Waals surface area contributed by atoms with Crippen LogP contribution in [0.3, 0.4) is 0 Å². The van der Waals surface area contributed by atoms with Gasteiger partial charge in [0, 0.05) is 6.42 Å². The van der Waals surface area contributed by atoms with E-state index in [0.717, 1.165) is 25.7 Å². The second-order valence-corrected chi connectivity index (χ2v) is 13.0. The third kappa shape index (κ3) is 4.55. The summed E-state index contributed by atoms with van der Waals surface area (Å²) >= 11 is 0. The van der Waals surface area contributed by atoms with Gasteiger partial charge >= 0.3 is 5.97 Å². The minimum atomic E-state index is -0.939. The van der Waals surface area contributed by atoms with E-state index in [9.17, 15) is 19.8 Å². The lowest BCUT2D eigenvalue weighted by molar-refractivity contribution is -0.162. The number of carboxylic acids is 1. The third-order valence-electron chi connectivity index (χ3n) is 11.5. The minimum absolute atomic E-state index is 0.0707. The van der Waals surface area contributed by atoms with Crippen LogP contribution in [0.4, 0.5) is 0 Å². The smallest absolute Gasteiger partial charge is 0.326 e. The van der Waals surface area contributed by atoms with Gasteiger partial charge in [0.2, 0.25) is 5.91 Å². The summed E-state index contributed by atoms with van der Waals surface area (Å²) in [5, 5.41) is 23.6. The molecule has 3 N–H and O–H groups in total. The van der Waals surface area contributed by atoms with E-state index < -0.39 is 12.0 Å². The Hall–Kier alpha value is -1.10. The first-order valence-electron chi connectivity index (χ1n) is 14.3. The van der Waals surface area contributed by atoms with Crippen LogP contribution >= 0.6 is 0 Å². The lowest BCUT2D eigenvalue weighted by atomic mass is 9.44. The maximum Gasteiger partial charge on any atom is 0.326 e. The van der Waals surface area contributed by atoms with Gasteiger partial charge in [-0.1, -0.05) is 47.0 Å². The predicted molar refractivity (Wildman–Crippen MR) is 134 cm³/mol. The highest BCUT2D eigenvalue weighted by Crippen LogP contribution is 2.67. The topological polar surface area (TPSA) is 86.6 Å². The van der Waals surface area contributed by atoms with Gasteiger partial charge in [0.15, 0.2) is 0 Å². The van der Waals surface area contributed by atoms with Gasteiger partial charge in [0.1, 0.15) is 6.04 Å². The monoisotopic (exact) mass is 475 g/mol. The molecule has 0 spiro atoms. The molecule has 10 unspecified atom stereocenters. The van der Waals surface area contributed by atoms with E-state index in [4.69, 9.17) is 0 Å². The lowest BCUT2D eigenvalue weighted by Gasteiger charge is -2.62. The van der Waals surface area contributed by atoms with Crippen molar-refractivity contribution in [1.82, 2.24) is 5.32 Å². The first-order chi connectivity index (χ1) is 16.1. The molecule has 4 fully saturated rings. The van der Waals surface area contributed by atoms with E-state index in [2.05, 4.69) is 19.2 Å². The number of hydrogen-bond donors (Lipinski definition) is 3. The number of rotatable bonds is 8. The van der Waals surface area contributed by atoms with Crippen LogP contribution in [0.5, 0.6) is 0 Å². The number of nitrogens with one attached hydrogen (secondary N) is 1. The number of carbonyl (C=O) groups is 2. The molecule has 5 heteroatoms. The van der Waals surface area contributed by atoms with Gasteiger partial charge in [-0.05, 0) is 104 Å². The van der Waals surface area contributed by atoms with Crippen molar-refractivity contribution >= 4 is 11.9 Å². The fourth-order valence-electron chi connectivity index (χ4n) is 9.28. The molecule has 34 heavy (non-hydrogen) atoms. The van der Waals surface area contributed by atoms with Gasteiger partial charge in [-0.25, -0.2) is 4.79 Å². The molecule has 0 aromatic carbocycles. The van der Waals surface area contributed by atoms with Gasteiger partial charge in [0.05, 0.1) is 6.10 Å². The summed E-state index contributed by atoms with van der Waals surface area (Å²) < 4.78 is 0. The lowest BCUT2D eigenvalue weighted by Crippen LogP contribution is -2.57. The Kier molecular flexibility index (Phi) is 7.72. The van der Waals surface area contributed by atoms with Gasteiger partial charge in [-0.3, -0.25) is 4.79 Å². The largest absolute Gasteiger partial charge is 0.480 e. The second kappa shape index (κ2) is 10.1. The molecule has 0 radical (unpaired) electrons. The fourth-order valence-corrected chi connectivity index (χ4v) is 9.28. The zero-order valence-corrected chi connectivity index (χ0v) is 22.0. The van der Waals surface area contributed by atoms with Crippen molar-refractivity contribution in [3.05, 3.63) is 0 Å². The van der Waals surface area contributed by atoms with Crippen LogP contribution in [0.25, 0.3) is 0 Å². The van der Waals surface area contributed by atoms with E-state index >= 15 is 0 Å². The summed E-state index contributed by atoms with van der Waals surface area (Å²) in [4.78, 5) is 24.0. The molecule has 0 bridgehead atoms. The third-order valence-corrected chi connectivity index (χ3v) is 11.5. The Balaban J connectivity index is 1.36. The van der Waals surface area contributed by atoms with Gasteiger partial charge in [-0.2, -0.15) is 0 Å². The maximum absolute atomic E-state index is 12.5.